The molecule has 2 aromatic rings. The quantitative estimate of drug-likeness (QED) is 0.761. The van der Waals surface area contributed by atoms with Crippen LogP contribution in [0.25, 0.3) is 10.8 Å². The maximum atomic E-state index is 14.3. The van der Waals surface area contributed by atoms with Gasteiger partial charge in [0.1, 0.15) is 0 Å². The number of hydrogen-bond acceptors (Lipinski definition) is 3. The molecule has 3 nitrogen and oxygen atoms in total. The van der Waals surface area contributed by atoms with Gasteiger partial charge in [-0.05, 0) is 18.4 Å². The molecule has 4 heteroatoms. The number of halogens is 1. The Bertz CT molecular complexity index is 540. The predicted molar refractivity (Wildman–Crippen MR) is 67.6 cm³/mol. The predicted octanol–water partition coefficient (Wildman–Crippen LogP) is 3.36. The summed E-state index contributed by atoms with van der Waals surface area (Å²) in [4.78, 5) is 0. The van der Waals surface area contributed by atoms with E-state index in [0.29, 0.717) is 17.7 Å². The number of ether oxygens (including phenoxy) is 3. The lowest BCUT2D eigenvalue weighted by Gasteiger charge is -2.14. The van der Waals surface area contributed by atoms with Crippen molar-refractivity contribution in [1.82, 2.24) is 0 Å². The molecule has 2 rings (SSSR count). The van der Waals surface area contributed by atoms with Crippen molar-refractivity contribution in [1.29, 1.82) is 0 Å². The summed E-state index contributed by atoms with van der Waals surface area (Å²) in [6, 6.07) is 8.95. The highest BCUT2D eigenvalue weighted by Gasteiger charge is 2.15. The minimum absolute atomic E-state index is 0.0185. The summed E-state index contributed by atoms with van der Waals surface area (Å²) in [7, 11) is 1.49. The van der Waals surface area contributed by atoms with E-state index in [0.717, 1.165) is 5.39 Å². The van der Waals surface area contributed by atoms with Gasteiger partial charge >= 0.3 is 0 Å². The zero-order valence-corrected chi connectivity index (χ0v) is 10.4. The highest BCUT2D eigenvalue weighted by atomic mass is 19.1. The summed E-state index contributed by atoms with van der Waals surface area (Å²) < 4.78 is 29.8. The van der Waals surface area contributed by atoms with Crippen LogP contribution in [-0.4, -0.2) is 20.5 Å². The number of methoxy groups -OCH3 is 1. The molecule has 0 spiro atoms. The van der Waals surface area contributed by atoms with Crippen LogP contribution in [0.15, 0.2) is 30.3 Å². The van der Waals surface area contributed by atoms with Gasteiger partial charge in [-0.1, -0.05) is 24.3 Å². The average Bonchev–Trinajstić information content (AvgIpc) is 2.39. The van der Waals surface area contributed by atoms with Crippen LogP contribution in [0.1, 0.15) is 6.92 Å². The standard InChI is InChI=1S/C14H15FO3/c1-3-17-12-8-10-6-4-5-7-11(10)13(15)14(12)18-9-16-2/h4-8H,3,9H2,1-2H3. The molecule has 0 amide bonds. The van der Waals surface area contributed by atoms with E-state index >= 15 is 0 Å². The van der Waals surface area contributed by atoms with E-state index in [9.17, 15) is 4.39 Å². The van der Waals surface area contributed by atoms with Gasteiger partial charge < -0.3 is 14.2 Å². The zero-order chi connectivity index (χ0) is 13.0. The monoisotopic (exact) mass is 250 g/mol. The third kappa shape index (κ3) is 2.38. The van der Waals surface area contributed by atoms with Crippen LogP contribution in [0.3, 0.4) is 0 Å². The molecule has 0 atom stereocenters. The highest BCUT2D eigenvalue weighted by Crippen LogP contribution is 2.36. The summed E-state index contributed by atoms with van der Waals surface area (Å²) in [6.07, 6.45) is 0. The molecule has 0 saturated heterocycles. The normalized spacial score (nSPS) is 10.6. The molecule has 0 bridgehead atoms. The van der Waals surface area contributed by atoms with Crippen LogP contribution in [0, 0.1) is 5.82 Å². The van der Waals surface area contributed by atoms with E-state index in [2.05, 4.69) is 0 Å². The van der Waals surface area contributed by atoms with E-state index in [1.165, 1.54) is 7.11 Å². The maximum absolute atomic E-state index is 14.3. The van der Waals surface area contributed by atoms with Crippen LogP contribution in [0.5, 0.6) is 11.5 Å². The molecule has 0 N–H and O–H groups in total. The van der Waals surface area contributed by atoms with Gasteiger partial charge in [-0.2, -0.15) is 0 Å². The van der Waals surface area contributed by atoms with Gasteiger partial charge in [-0.25, -0.2) is 4.39 Å². The molecule has 0 fully saturated rings. The molecular formula is C14H15FO3. The Morgan fingerprint density at radius 1 is 1.17 bits per heavy atom. The lowest BCUT2D eigenvalue weighted by Crippen LogP contribution is -2.04. The second-order valence-electron chi connectivity index (χ2n) is 3.72. The van der Waals surface area contributed by atoms with E-state index < -0.39 is 5.82 Å². The fourth-order valence-corrected chi connectivity index (χ4v) is 1.78. The fraction of sp³-hybridized carbons (Fsp3) is 0.286. The molecule has 0 saturated carbocycles. The summed E-state index contributed by atoms with van der Waals surface area (Å²) in [5.41, 5.74) is 0. The van der Waals surface area contributed by atoms with Gasteiger partial charge in [0.25, 0.3) is 0 Å². The molecule has 0 aliphatic rings. The first-order valence-electron chi connectivity index (χ1n) is 5.73. The molecule has 0 unspecified atom stereocenters. The van der Waals surface area contributed by atoms with Crippen LogP contribution < -0.4 is 9.47 Å². The van der Waals surface area contributed by atoms with Crippen molar-refractivity contribution in [3.05, 3.63) is 36.1 Å². The van der Waals surface area contributed by atoms with Gasteiger partial charge in [0.2, 0.25) is 5.75 Å². The molecule has 18 heavy (non-hydrogen) atoms. The Morgan fingerprint density at radius 2 is 1.94 bits per heavy atom. The Kier molecular flexibility index (Phi) is 3.99. The van der Waals surface area contributed by atoms with Gasteiger partial charge in [-0.3, -0.25) is 0 Å². The Hall–Kier alpha value is -1.81. The Labute approximate surface area is 105 Å². The van der Waals surface area contributed by atoms with Crippen molar-refractivity contribution in [3.63, 3.8) is 0 Å². The largest absolute Gasteiger partial charge is 0.490 e. The first-order chi connectivity index (χ1) is 8.77. The van der Waals surface area contributed by atoms with Gasteiger partial charge in [0.15, 0.2) is 18.4 Å². The van der Waals surface area contributed by atoms with Crippen molar-refractivity contribution in [2.75, 3.05) is 20.5 Å². The number of rotatable bonds is 5. The van der Waals surface area contributed by atoms with Crippen LogP contribution in [0.2, 0.25) is 0 Å². The average molecular weight is 250 g/mol. The van der Waals surface area contributed by atoms with Crippen molar-refractivity contribution >= 4 is 10.8 Å². The summed E-state index contributed by atoms with van der Waals surface area (Å²) in [6.45, 7) is 2.27. The van der Waals surface area contributed by atoms with E-state index in [1.54, 1.807) is 18.2 Å². The van der Waals surface area contributed by atoms with Gasteiger partial charge in [0.05, 0.1) is 6.61 Å². The SMILES string of the molecule is CCOc1cc2ccccc2c(F)c1OCOC. The molecule has 0 heterocycles. The lowest BCUT2D eigenvalue weighted by molar-refractivity contribution is 0.0460. The number of fused-ring (bicyclic) bond motifs is 1. The first kappa shape index (κ1) is 12.6. The van der Waals surface area contributed by atoms with Gasteiger partial charge in [0, 0.05) is 12.5 Å². The molecule has 0 aromatic heterocycles. The molecule has 2 aromatic carbocycles. The molecule has 96 valence electrons. The van der Waals surface area contributed by atoms with Crippen molar-refractivity contribution < 1.29 is 18.6 Å². The summed E-state index contributed by atoms with van der Waals surface area (Å²) >= 11 is 0. The smallest absolute Gasteiger partial charge is 0.200 e. The van der Waals surface area contributed by atoms with Crippen molar-refractivity contribution in [2.45, 2.75) is 6.92 Å². The number of benzene rings is 2. The maximum Gasteiger partial charge on any atom is 0.200 e. The second kappa shape index (κ2) is 5.69. The lowest BCUT2D eigenvalue weighted by atomic mass is 10.1. The van der Waals surface area contributed by atoms with E-state index in [1.807, 2.05) is 19.1 Å². The fourth-order valence-electron chi connectivity index (χ4n) is 1.78. The highest BCUT2D eigenvalue weighted by molar-refractivity contribution is 5.86. The minimum atomic E-state index is -0.423. The topological polar surface area (TPSA) is 27.7 Å². The summed E-state index contributed by atoms with van der Waals surface area (Å²) in [5, 5.41) is 1.29. The minimum Gasteiger partial charge on any atom is -0.490 e. The van der Waals surface area contributed by atoms with Gasteiger partial charge in [-0.15, -0.1) is 0 Å². The number of hydrogen-bond donors (Lipinski definition) is 0. The second-order valence-corrected chi connectivity index (χ2v) is 3.72. The van der Waals surface area contributed by atoms with Crippen molar-refractivity contribution in [3.8, 4) is 11.5 Å². The first-order valence-corrected chi connectivity index (χ1v) is 5.73. The molecule has 0 aliphatic carbocycles. The molecular weight excluding hydrogens is 235 g/mol. The third-order valence-corrected chi connectivity index (χ3v) is 2.53. The van der Waals surface area contributed by atoms with Crippen LogP contribution in [-0.2, 0) is 4.74 Å². The Morgan fingerprint density at radius 3 is 2.67 bits per heavy atom. The van der Waals surface area contributed by atoms with Crippen molar-refractivity contribution in [2.24, 2.45) is 0 Å². The third-order valence-electron chi connectivity index (χ3n) is 2.53. The van der Waals surface area contributed by atoms with Crippen LogP contribution >= 0.6 is 0 Å². The van der Waals surface area contributed by atoms with Crippen LogP contribution in [0.4, 0.5) is 4.39 Å². The summed E-state index contributed by atoms with van der Waals surface area (Å²) in [5.74, 6) is 0.0664. The Balaban J connectivity index is 2.55. The van der Waals surface area contributed by atoms with E-state index in [4.69, 9.17) is 14.2 Å². The molecule has 0 aliphatic heterocycles. The molecule has 0 radical (unpaired) electrons. The zero-order valence-electron chi connectivity index (χ0n) is 10.4. The van der Waals surface area contributed by atoms with E-state index in [-0.39, 0.29) is 12.5 Å².